The Bertz CT molecular complexity index is 1880. The van der Waals surface area contributed by atoms with Gasteiger partial charge in [-0.15, -0.1) is 0 Å². The van der Waals surface area contributed by atoms with E-state index in [9.17, 15) is 14.4 Å². The first kappa shape index (κ1) is 33.0. The van der Waals surface area contributed by atoms with E-state index in [2.05, 4.69) is 20.4 Å². The van der Waals surface area contributed by atoms with Crippen molar-refractivity contribution in [1.82, 2.24) is 34.9 Å². The molecule has 0 radical (unpaired) electrons. The van der Waals surface area contributed by atoms with Crippen molar-refractivity contribution in [2.75, 3.05) is 38.7 Å². The van der Waals surface area contributed by atoms with E-state index in [1.807, 2.05) is 42.4 Å². The molecule has 2 atom stereocenters. The minimum atomic E-state index is -0.395. The first-order valence-corrected chi connectivity index (χ1v) is 16.7. The Morgan fingerprint density at radius 1 is 1.06 bits per heavy atom. The van der Waals surface area contributed by atoms with Crippen LogP contribution in [0.15, 0.2) is 67.3 Å². The summed E-state index contributed by atoms with van der Waals surface area (Å²) in [6, 6.07) is 11.9. The van der Waals surface area contributed by atoms with Crippen LogP contribution in [0.4, 0.5) is 5.95 Å². The topological polar surface area (TPSA) is 144 Å². The minimum absolute atomic E-state index is 0.0802. The number of ether oxygens (including phenoxy) is 3. The molecular formula is C36H40N8O6. The number of rotatable bonds is 6. The monoisotopic (exact) mass is 680 g/mol. The quantitative estimate of drug-likeness (QED) is 0.323. The normalized spacial score (nSPS) is 19.7. The van der Waals surface area contributed by atoms with Gasteiger partial charge in [-0.2, -0.15) is 5.10 Å². The van der Waals surface area contributed by atoms with Crippen LogP contribution in [0.2, 0.25) is 0 Å². The van der Waals surface area contributed by atoms with Gasteiger partial charge in [0.15, 0.2) is 5.75 Å². The highest BCUT2D eigenvalue weighted by atomic mass is 16.5. The van der Waals surface area contributed by atoms with Crippen LogP contribution in [0.1, 0.15) is 51.1 Å². The Kier molecular flexibility index (Phi) is 9.35. The fourth-order valence-electron chi connectivity index (χ4n) is 6.42. The standard InChI is InChI=1S/C36H40N8O6/c1-41(18-24-15-39-42(2)19-24)34(46)25-12-26-14-29(13-25)50-28-6-4-5-23(11-28)22-49-32-9-10-43(36-37-16-30(48-3)17-38-36)20-31(32)40-33(45)21-44(35(26)47)27-7-8-27/h4-6,11-17,19,27,31-32H,7-10,18,20-22H2,1-3H3,(H,40,45)/t31-,32+/m1/s1. The average Bonchev–Trinajstić information content (AvgIpc) is 3.89. The summed E-state index contributed by atoms with van der Waals surface area (Å²) in [4.78, 5) is 55.8. The van der Waals surface area contributed by atoms with Crippen LogP contribution in [0.5, 0.6) is 17.2 Å². The van der Waals surface area contributed by atoms with E-state index < -0.39 is 6.04 Å². The average molecular weight is 681 g/mol. The Balaban J connectivity index is 1.19. The van der Waals surface area contributed by atoms with Crippen LogP contribution in [0.3, 0.4) is 0 Å². The van der Waals surface area contributed by atoms with Crippen LogP contribution in [0.25, 0.3) is 0 Å². The van der Waals surface area contributed by atoms with Gasteiger partial charge in [0.05, 0.1) is 44.5 Å². The Labute approximate surface area is 289 Å². The van der Waals surface area contributed by atoms with Gasteiger partial charge in [0.2, 0.25) is 11.9 Å². The second-order valence-electron chi connectivity index (χ2n) is 13.0. The lowest BCUT2D eigenvalue weighted by molar-refractivity contribution is -0.124. The van der Waals surface area contributed by atoms with Crippen molar-refractivity contribution in [3.8, 4) is 17.2 Å². The van der Waals surface area contributed by atoms with Crippen molar-refractivity contribution >= 4 is 23.7 Å². The number of benzene rings is 2. The number of fused-ring (bicyclic) bond motifs is 5. The molecule has 2 fully saturated rings. The maximum Gasteiger partial charge on any atom is 0.254 e. The summed E-state index contributed by atoms with van der Waals surface area (Å²) in [5, 5.41) is 7.36. The number of methoxy groups -OCH3 is 1. The van der Waals surface area contributed by atoms with Gasteiger partial charge in [-0.3, -0.25) is 19.1 Å². The number of aromatic nitrogens is 4. The molecule has 260 valence electrons. The van der Waals surface area contributed by atoms with E-state index >= 15 is 0 Å². The lowest BCUT2D eigenvalue weighted by atomic mass is 10.0. The third-order valence-electron chi connectivity index (χ3n) is 9.11. The van der Waals surface area contributed by atoms with Crippen molar-refractivity contribution in [3.05, 3.63) is 89.5 Å². The zero-order valence-electron chi connectivity index (χ0n) is 28.3. The summed E-state index contributed by atoms with van der Waals surface area (Å²) in [7, 11) is 5.08. The molecule has 3 amide bonds. The lowest BCUT2D eigenvalue weighted by Gasteiger charge is -2.39. The first-order valence-electron chi connectivity index (χ1n) is 16.7. The van der Waals surface area contributed by atoms with Gasteiger partial charge in [-0.1, -0.05) is 12.1 Å². The Morgan fingerprint density at radius 3 is 2.62 bits per heavy atom. The van der Waals surface area contributed by atoms with Gasteiger partial charge in [-0.25, -0.2) is 9.97 Å². The summed E-state index contributed by atoms with van der Waals surface area (Å²) < 4.78 is 19.6. The van der Waals surface area contributed by atoms with E-state index in [1.54, 1.807) is 65.4 Å². The lowest BCUT2D eigenvalue weighted by Crippen LogP contribution is -2.58. The van der Waals surface area contributed by atoms with Gasteiger partial charge in [0, 0.05) is 62.7 Å². The van der Waals surface area contributed by atoms with Gasteiger partial charge in [0.25, 0.3) is 11.8 Å². The fraction of sp³-hybridized carbons (Fsp3) is 0.389. The molecule has 2 aliphatic heterocycles. The van der Waals surface area contributed by atoms with Crippen molar-refractivity contribution in [1.29, 1.82) is 0 Å². The molecule has 50 heavy (non-hydrogen) atoms. The van der Waals surface area contributed by atoms with Crippen LogP contribution in [-0.2, 0) is 29.7 Å². The summed E-state index contributed by atoms with van der Waals surface area (Å²) in [5.41, 5.74) is 2.31. The Hall–Kier alpha value is -5.50. The van der Waals surface area contributed by atoms with E-state index in [4.69, 9.17) is 14.2 Å². The molecule has 1 saturated heterocycles. The molecule has 14 nitrogen and oxygen atoms in total. The summed E-state index contributed by atoms with van der Waals surface area (Å²) in [6.07, 6.45) is 8.70. The van der Waals surface area contributed by atoms with Gasteiger partial charge in [0.1, 0.15) is 18.0 Å². The maximum absolute atomic E-state index is 14.2. The van der Waals surface area contributed by atoms with Crippen molar-refractivity contribution in [2.45, 2.75) is 50.6 Å². The molecule has 0 spiro atoms. The summed E-state index contributed by atoms with van der Waals surface area (Å²) in [6.45, 7) is 1.54. The number of anilines is 1. The maximum atomic E-state index is 14.2. The number of carbonyl (C=O) groups is 3. The number of nitrogens with one attached hydrogen (secondary N) is 1. The van der Waals surface area contributed by atoms with E-state index in [0.29, 0.717) is 61.4 Å². The number of nitrogens with zero attached hydrogens (tertiary/aromatic N) is 7. The summed E-state index contributed by atoms with van der Waals surface area (Å²) >= 11 is 0. The zero-order valence-corrected chi connectivity index (χ0v) is 28.3. The number of aryl methyl sites for hydroxylation is 1. The molecule has 3 aliphatic rings. The second kappa shape index (κ2) is 14.2. The number of hydrogen-bond donors (Lipinski definition) is 1. The Morgan fingerprint density at radius 2 is 1.88 bits per heavy atom. The van der Waals surface area contributed by atoms with E-state index in [1.165, 1.54) is 0 Å². The molecule has 7 rings (SSSR count). The third kappa shape index (κ3) is 7.54. The number of piperidine rings is 1. The van der Waals surface area contributed by atoms with Gasteiger partial charge in [-0.05, 0) is 55.2 Å². The molecule has 1 N–H and O–H groups in total. The summed E-state index contributed by atoms with van der Waals surface area (Å²) in [5.74, 6) is 1.04. The molecule has 0 unspecified atom stereocenters. The second-order valence-corrected chi connectivity index (χ2v) is 13.0. The van der Waals surface area contributed by atoms with Crippen LogP contribution in [0, 0.1) is 0 Å². The number of amides is 3. The van der Waals surface area contributed by atoms with Gasteiger partial charge >= 0.3 is 0 Å². The minimum Gasteiger partial charge on any atom is -0.494 e. The van der Waals surface area contributed by atoms with Crippen molar-refractivity contribution in [2.24, 2.45) is 7.05 Å². The van der Waals surface area contributed by atoms with Crippen molar-refractivity contribution in [3.63, 3.8) is 0 Å². The third-order valence-corrected chi connectivity index (χ3v) is 9.11. The predicted octanol–water partition coefficient (Wildman–Crippen LogP) is 3.18. The van der Waals surface area contributed by atoms with E-state index in [-0.39, 0.29) is 42.0 Å². The SMILES string of the molecule is COc1cnc(N2CC[C@@H]3OCc4cccc(c4)Oc4cc(C(=O)N(C)Cc5cnn(C)c5)cc(c4)C(=O)N(C4CC4)CC(=O)N[C@@H]3C2)nc1. The number of carbonyl (C=O) groups excluding carboxylic acids is 3. The largest absolute Gasteiger partial charge is 0.494 e. The molecule has 2 aromatic carbocycles. The van der Waals surface area contributed by atoms with Crippen LogP contribution >= 0.6 is 0 Å². The predicted molar refractivity (Wildman–Crippen MR) is 182 cm³/mol. The van der Waals surface area contributed by atoms with Crippen LogP contribution in [-0.4, -0.2) is 99.2 Å². The molecular weight excluding hydrogens is 640 g/mol. The van der Waals surface area contributed by atoms with E-state index in [0.717, 1.165) is 24.0 Å². The molecule has 1 aliphatic carbocycles. The highest BCUT2D eigenvalue weighted by Gasteiger charge is 2.37. The molecule has 4 heterocycles. The highest BCUT2D eigenvalue weighted by molar-refractivity contribution is 6.01. The number of hydrogen-bond acceptors (Lipinski definition) is 10. The highest BCUT2D eigenvalue weighted by Crippen LogP contribution is 2.32. The smallest absolute Gasteiger partial charge is 0.254 e. The van der Waals surface area contributed by atoms with Gasteiger partial charge < -0.3 is 34.2 Å². The molecule has 4 aromatic rings. The first-order chi connectivity index (χ1) is 24.2. The molecule has 1 saturated carbocycles. The molecule has 14 heteroatoms. The van der Waals surface area contributed by atoms with Crippen molar-refractivity contribution < 1.29 is 28.6 Å². The fourth-order valence-corrected chi connectivity index (χ4v) is 6.42. The van der Waals surface area contributed by atoms with Crippen LogP contribution < -0.4 is 19.7 Å². The molecule has 2 aromatic heterocycles. The zero-order chi connectivity index (χ0) is 34.8. The molecule has 4 bridgehead atoms.